The topological polar surface area (TPSA) is 94.1 Å². The van der Waals surface area contributed by atoms with Gasteiger partial charge in [-0.15, -0.1) is 0 Å². The molecule has 0 bridgehead atoms. The second-order valence-corrected chi connectivity index (χ2v) is 7.95. The Morgan fingerprint density at radius 2 is 2.00 bits per heavy atom. The Hall–Kier alpha value is -2.87. The van der Waals surface area contributed by atoms with Crippen LogP contribution in [0.25, 0.3) is 10.9 Å². The van der Waals surface area contributed by atoms with Crippen molar-refractivity contribution in [2.24, 2.45) is 5.92 Å². The van der Waals surface area contributed by atoms with Crippen LogP contribution in [-0.2, 0) is 16.1 Å². The number of carbonyl (C=O) groups excluding carboxylic acids is 2. The first-order valence-electron chi connectivity index (χ1n) is 9.40. The smallest absolute Gasteiger partial charge is 0.316 e. The number of hydrogen-bond acceptors (Lipinski definition) is 6. The molecule has 0 unspecified atom stereocenters. The number of esters is 1. The van der Waals surface area contributed by atoms with Crippen LogP contribution in [-0.4, -0.2) is 38.6 Å². The zero-order valence-electron chi connectivity index (χ0n) is 16.4. The van der Waals surface area contributed by atoms with Gasteiger partial charge in [-0.05, 0) is 36.6 Å². The standard InChI is InChI=1S/C21H23N3O4S/c1-14(2)9-11-24-20(27)15-6-3-4-7-16(15)23-21(24)29-13-19(26)28-12-18(25)17-8-5-10-22-17/h3-8,10,14,22H,9,11-13H2,1-2H3. The Balaban J connectivity index is 1.70. The van der Waals surface area contributed by atoms with E-state index in [2.05, 4.69) is 23.8 Å². The van der Waals surface area contributed by atoms with Crippen LogP contribution in [0.3, 0.4) is 0 Å². The van der Waals surface area contributed by atoms with Gasteiger partial charge in [0.25, 0.3) is 5.56 Å². The Morgan fingerprint density at radius 3 is 2.72 bits per heavy atom. The summed E-state index contributed by atoms with van der Waals surface area (Å²) in [6, 6.07) is 10.5. The van der Waals surface area contributed by atoms with Gasteiger partial charge < -0.3 is 9.72 Å². The number of aromatic nitrogens is 3. The number of carbonyl (C=O) groups is 2. The number of H-pyrrole nitrogens is 1. The molecular weight excluding hydrogens is 390 g/mol. The van der Waals surface area contributed by atoms with Crippen LogP contribution in [0.1, 0.15) is 30.8 Å². The minimum Gasteiger partial charge on any atom is -0.457 e. The van der Waals surface area contributed by atoms with Crippen molar-refractivity contribution >= 4 is 34.4 Å². The summed E-state index contributed by atoms with van der Waals surface area (Å²) in [6.45, 7) is 4.37. The second-order valence-electron chi connectivity index (χ2n) is 7.01. The maximum absolute atomic E-state index is 12.9. The predicted octanol–water partition coefficient (Wildman–Crippen LogP) is 3.29. The van der Waals surface area contributed by atoms with Crippen LogP contribution in [0.2, 0.25) is 0 Å². The van der Waals surface area contributed by atoms with Crippen molar-refractivity contribution in [3.05, 3.63) is 58.6 Å². The number of fused-ring (bicyclic) bond motifs is 1. The highest BCUT2D eigenvalue weighted by Crippen LogP contribution is 2.19. The zero-order valence-corrected chi connectivity index (χ0v) is 17.2. The van der Waals surface area contributed by atoms with Gasteiger partial charge in [0.15, 0.2) is 11.8 Å². The lowest BCUT2D eigenvalue weighted by Gasteiger charge is -2.14. The number of aromatic amines is 1. The summed E-state index contributed by atoms with van der Waals surface area (Å²) in [5, 5.41) is 1.03. The molecule has 3 aromatic rings. The summed E-state index contributed by atoms with van der Waals surface area (Å²) in [6.07, 6.45) is 2.45. The highest BCUT2D eigenvalue weighted by Gasteiger charge is 2.15. The van der Waals surface area contributed by atoms with Gasteiger partial charge in [-0.2, -0.15) is 0 Å². The zero-order chi connectivity index (χ0) is 20.8. The molecule has 0 fully saturated rings. The van der Waals surface area contributed by atoms with Gasteiger partial charge in [0.05, 0.1) is 22.3 Å². The molecule has 7 nitrogen and oxygen atoms in total. The molecule has 8 heteroatoms. The first kappa shape index (κ1) is 20.9. The lowest BCUT2D eigenvalue weighted by Crippen LogP contribution is -2.24. The normalized spacial score (nSPS) is 11.1. The maximum Gasteiger partial charge on any atom is 0.316 e. The molecule has 2 heterocycles. The fourth-order valence-electron chi connectivity index (χ4n) is 2.74. The summed E-state index contributed by atoms with van der Waals surface area (Å²) >= 11 is 1.14. The highest BCUT2D eigenvalue weighted by molar-refractivity contribution is 7.99. The Kier molecular flexibility index (Phi) is 6.87. The Morgan fingerprint density at radius 1 is 1.21 bits per heavy atom. The van der Waals surface area contributed by atoms with Crippen LogP contribution in [0, 0.1) is 5.92 Å². The first-order valence-corrected chi connectivity index (χ1v) is 10.4. The minimum absolute atomic E-state index is 0.0372. The average Bonchev–Trinajstić information content (AvgIpc) is 3.24. The average molecular weight is 413 g/mol. The van der Waals surface area contributed by atoms with Gasteiger partial charge in [0.1, 0.15) is 0 Å². The molecular formula is C21H23N3O4S. The van der Waals surface area contributed by atoms with Crippen molar-refractivity contribution in [3.63, 3.8) is 0 Å². The van der Waals surface area contributed by atoms with Crippen molar-refractivity contribution < 1.29 is 14.3 Å². The van der Waals surface area contributed by atoms with Gasteiger partial charge in [0, 0.05) is 12.7 Å². The van der Waals surface area contributed by atoms with E-state index in [9.17, 15) is 14.4 Å². The molecule has 0 aliphatic rings. The fourth-order valence-corrected chi connectivity index (χ4v) is 3.56. The monoisotopic (exact) mass is 413 g/mol. The molecule has 0 atom stereocenters. The van der Waals surface area contributed by atoms with Crippen LogP contribution >= 0.6 is 11.8 Å². The van der Waals surface area contributed by atoms with Gasteiger partial charge in [-0.1, -0.05) is 37.7 Å². The van der Waals surface area contributed by atoms with Crippen molar-refractivity contribution in [1.29, 1.82) is 0 Å². The molecule has 3 rings (SSSR count). The molecule has 0 aliphatic carbocycles. The van der Waals surface area contributed by atoms with Crippen LogP contribution in [0.15, 0.2) is 52.5 Å². The number of ether oxygens (including phenoxy) is 1. The van der Waals surface area contributed by atoms with Crippen molar-refractivity contribution in [1.82, 2.24) is 14.5 Å². The maximum atomic E-state index is 12.9. The number of thioether (sulfide) groups is 1. The van der Waals surface area contributed by atoms with Crippen molar-refractivity contribution in [2.75, 3.05) is 12.4 Å². The van der Waals surface area contributed by atoms with E-state index < -0.39 is 5.97 Å². The number of nitrogens with one attached hydrogen (secondary N) is 1. The second kappa shape index (κ2) is 9.56. The number of rotatable bonds is 9. The van der Waals surface area contributed by atoms with E-state index in [1.54, 1.807) is 35.0 Å². The van der Waals surface area contributed by atoms with E-state index in [1.165, 1.54) is 0 Å². The summed E-state index contributed by atoms with van der Waals surface area (Å²) < 4.78 is 6.68. The minimum atomic E-state index is -0.535. The summed E-state index contributed by atoms with van der Waals surface area (Å²) in [4.78, 5) is 44.2. The molecule has 0 aliphatic heterocycles. The molecule has 152 valence electrons. The molecule has 0 spiro atoms. The summed E-state index contributed by atoms with van der Waals surface area (Å²) in [7, 11) is 0. The van der Waals surface area contributed by atoms with Crippen molar-refractivity contribution in [3.8, 4) is 0 Å². The number of ketones is 1. The van der Waals surface area contributed by atoms with E-state index in [0.717, 1.165) is 18.2 Å². The van der Waals surface area contributed by atoms with Gasteiger partial charge in [-0.3, -0.25) is 19.0 Å². The molecule has 0 saturated heterocycles. The molecule has 2 aromatic heterocycles. The number of nitrogens with zero attached hydrogens (tertiary/aromatic N) is 2. The molecule has 0 amide bonds. The Labute approximate surface area is 172 Å². The number of para-hydroxylation sites is 1. The highest BCUT2D eigenvalue weighted by atomic mass is 32.2. The number of Topliss-reactive ketones (excluding diaryl/α,β-unsaturated/α-hetero) is 1. The molecule has 29 heavy (non-hydrogen) atoms. The van der Waals surface area contributed by atoms with E-state index >= 15 is 0 Å². The lowest BCUT2D eigenvalue weighted by atomic mass is 10.1. The SMILES string of the molecule is CC(C)CCn1c(SCC(=O)OCC(=O)c2ccc[nH]2)nc2ccccc2c1=O. The van der Waals surface area contributed by atoms with Gasteiger partial charge in [0.2, 0.25) is 5.78 Å². The quantitative estimate of drug-likeness (QED) is 0.250. The van der Waals surface area contributed by atoms with E-state index in [4.69, 9.17) is 4.74 Å². The van der Waals surface area contributed by atoms with Gasteiger partial charge in [-0.25, -0.2) is 4.98 Å². The predicted molar refractivity (Wildman–Crippen MR) is 112 cm³/mol. The Bertz CT molecular complexity index is 1060. The van der Waals surface area contributed by atoms with E-state index in [0.29, 0.717) is 34.2 Å². The van der Waals surface area contributed by atoms with E-state index in [1.807, 2.05) is 12.1 Å². The van der Waals surface area contributed by atoms with Crippen LogP contribution in [0.5, 0.6) is 0 Å². The third kappa shape index (κ3) is 5.35. The molecule has 1 aromatic carbocycles. The van der Waals surface area contributed by atoms with E-state index in [-0.39, 0.29) is 23.7 Å². The largest absolute Gasteiger partial charge is 0.457 e. The summed E-state index contributed by atoms with van der Waals surface area (Å²) in [5.41, 5.74) is 0.870. The van der Waals surface area contributed by atoms with Crippen LogP contribution < -0.4 is 5.56 Å². The van der Waals surface area contributed by atoms with Crippen molar-refractivity contribution in [2.45, 2.75) is 32.0 Å². The first-order chi connectivity index (χ1) is 14.0. The molecule has 0 saturated carbocycles. The number of hydrogen-bond donors (Lipinski definition) is 1. The molecule has 1 N–H and O–H groups in total. The summed E-state index contributed by atoms with van der Waals surface area (Å²) in [5.74, 6) is -0.446. The lowest BCUT2D eigenvalue weighted by molar-refractivity contribution is -0.139. The van der Waals surface area contributed by atoms with Crippen LogP contribution in [0.4, 0.5) is 0 Å². The third-order valence-corrected chi connectivity index (χ3v) is 5.29. The third-order valence-electron chi connectivity index (χ3n) is 4.34. The molecule has 0 radical (unpaired) electrons. The fraction of sp³-hybridized carbons (Fsp3) is 0.333. The van der Waals surface area contributed by atoms with Gasteiger partial charge >= 0.3 is 5.97 Å². The number of benzene rings is 1.